The molecule has 1 aliphatic rings. The van der Waals surface area contributed by atoms with E-state index in [1.807, 2.05) is 10.8 Å². The second-order valence-electron chi connectivity index (χ2n) is 4.12. The maximum Gasteiger partial charge on any atom is 0.334 e. The molecule has 1 atom stereocenters. The topological polar surface area (TPSA) is 48.3 Å². The molecule has 0 saturated carbocycles. The van der Waals surface area contributed by atoms with Crippen LogP contribution in [0.5, 0.6) is 0 Å². The summed E-state index contributed by atoms with van der Waals surface area (Å²) >= 11 is 0. The van der Waals surface area contributed by atoms with E-state index in [1.54, 1.807) is 26.0 Å². The fraction of sp³-hybridized carbons (Fsp3) is 0.385. The first-order valence-electron chi connectivity index (χ1n) is 5.65. The Kier molecular flexibility index (Phi) is 3.13. The second kappa shape index (κ2) is 4.57. The van der Waals surface area contributed by atoms with E-state index in [0.717, 1.165) is 24.9 Å². The molecule has 0 amide bonds. The van der Waals surface area contributed by atoms with Crippen molar-refractivity contribution in [2.75, 3.05) is 0 Å². The molecule has 17 heavy (non-hydrogen) atoms. The first-order chi connectivity index (χ1) is 8.17. The summed E-state index contributed by atoms with van der Waals surface area (Å²) in [5.74, 6) is -0.316. The Morgan fingerprint density at radius 3 is 3.00 bits per heavy atom. The van der Waals surface area contributed by atoms with E-state index >= 15 is 0 Å². The van der Waals surface area contributed by atoms with Gasteiger partial charge in [-0.2, -0.15) is 0 Å². The number of rotatable bonds is 3. The highest BCUT2D eigenvalue weighted by atomic mass is 16.5. The van der Waals surface area contributed by atoms with E-state index < -0.39 is 0 Å². The summed E-state index contributed by atoms with van der Waals surface area (Å²) in [6.45, 7) is 4.30. The molecule has 4 nitrogen and oxygen atoms in total. The summed E-state index contributed by atoms with van der Waals surface area (Å²) in [6.07, 6.45) is 4.82. The number of hydrogen-bond donors (Lipinski definition) is 0. The van der Waals surface area contributed by atoms with Crippen molar-refractivity contribution >= 4 is 12.3 Å². The Morgan fingerprint density at radius 2 is 2.35 bits per heavy atom. The van der Waals surface area contributed by atoms with Crippen molar-refractivity contribution in [3.05, 3.63) is 35.2 Å². The zero-order chi connectivity index (χ0) is 12.4. The molecule has 2 rings (SSSR count). The molecule has 0 bridgehead atoms. The molecule has 0 N–H and O–H groups in total. The summed E-state index contributed by atoms with van der Waals surface area (Å²) in [5, 5.41) is 0. The minimum Gasteiger partial charge on any atom is -0.452 e. The van der Waals surface area contributed by atoms with Crippen molar-refractivity contribution in [2.24, 2.45) is 0 Å². The quantitative estimate of drug-likeness (QED) is 0.457. The lowest BCUT2D eigenvalue weighted by molar-refractivity contribution is -0.144. The summed E-state index contributed by atoms with van der Waals surface area (Å²) in [4.78, 5) is 22.6. The largest absolute Gasteiger partial charge is 0.452 e. The molecular formula is C13H15NO3. The first-order valence-corrected chi connectivity index (χ1v) is 5.65. The molecule has 0 fully saturated rings. The van der Waals surface area contributed by atoms with Crippen LogP contribution in [0.2, 0.25) is 0 Å². The fourth-order valence-corrected chi connectivity index (χ4v) is 2.02. The Morgan fingerprint density at radius 1 is 1.59 bits per heavy atom. The average Bonchev–Trinajstić information content (AvgIpc) is 2.90. The van der Waals surface area contributed by atoms with Crippen LogP contribution in [0.15, 0.2) is 23.9 Å². The van der Waals surface area contributed by atoms with Crippen LogP contribution in [0.3, 0.4) is 0 Å². The number of hydrogen-bond acceptors (Lipinski definition) is 3. The van der Waals surface area contributed by atoms with Crippen LogP contribution >= 0.6 is 0 Å². The minimum atomic E-state index is -0.316. The highest BCUT2D eigenvalue weighted by Crippen LogP contribution is 2.32. The molecule has 1 aromatic rings. The van der Waals surface area contributed by atoms with Gasteiger partial charge in [-0.05, 0) is 19.9 Å². The van der Waals surface area contributed by atoms with Gasteiger partial charge >= 0.3 is 5.97 Å². The fourth-order valence-electron chi connectivity index (χ4n) is 2.02. The molecule has 0 aromatic carbocycles. The zero-order valence-corrected chi connectivity index (χ0v) is 9.97. The number of carbonyl (C=O) groups excluding carboxylic acids is 2. The van der Waals surface area contributed by atoms with Crippen LogP contribution in [-0.4, -0.2) is 16.8 Å². The molecule has 1 aromatic heterocycles. The molecule has 2 heterocycles. The molecule has 1 aliphatic heterocycles. The van der Waals surface area contributed by atoms with Crippen molar-refractivity contribution in [3.63, 3.8) is 0 Å². The third-order valence-corrected chi connectivity index (χ3v) is 3.11. The van der Waals surface area contributed by atoms with Gasteiger partial charge in [0.15, 0.2) is 6.29 Å². The van der Waals surface area contributed by atoms with Gasteiger partial charge in [-0.1, -0.05) is 6.08 Å². The van der Waals surface area contributed by atoms with E-state index in [1.165, 1.54) is 0 Å². The first kappa shape index (κ1) is 11.6. The number of ether oxygens (including phenoxy) is 1. The minimum absolute atomic E-state index is 0.299. The molecular weight excluding hydrogens is 218 g/mol. The van der Waals surface area contributed by atoms with Gasteiger partial charge in [0.05, 0.1) is 5.69 Å². The number of allylic oxidation sites excluding steroid dienone is 1. The predicted molar refractivity (Wildman–Crippen MR) is 62.7 cm³/mol. The summed E-state index contributed by atoms with van der Waals surface area (Å²) < 4.78 is 7.37. The van der Waals surface area contributed by atoms with Gasteiger partial charge in [-0.25, -0.2) is 4.79 Å². The van der Waals surface area contributed by atoms with Crippen molar-refractivity contribution in [1.82, 2.24) is 4.57 Å². The van der Waals surface area contributed by atoms with Crippen LogP contribution in [-0.2, 0) is 16.1 Å². The zero-order valence-electron chi connectivity index (χ0n) is 9.97. The summed E-state index contributed by atoms with van der Waals surface area (Å²) in [6, 6.07) is 1.75. The van der Waals surface area contributed by atoms with E-state index in [-0.39, 0.29) is 12.1 Å². The van der Waals surface area contributed by atoms with Gasteiger partial charge in [-0.3, -0.25) is 4.79 Å². The number of esters is 1. The van der Waals surface area contributed by atoms with Gasteiger partial charge in [0.2, 0.25) is 0 Å². The van der Waals surface area contributed by atoms with E-state index in [2.05, 4.69) is 0 Å². The van der Waals surface area contributed by atoms with Gasteiger partial charge in [0.25, 0.3) is 0 Å². The standard InChI is InChI=1S/C13H15NO3/c1-3-9(2)13(16)17-11-5-7-14-6-4-10(8-15)12(11)14/h3-4,6,8,11H,5,7H2,1-2H3. The lowest BCUT2D eigenvalue weighted by Crippen LogP contribution is -2.11. The Labute approximate surface area is 99.9 Å². The number of aromatic nitrogens is 1. The number of nitrogens with zero attached hydrogens (tertiary/aromatic N) is 1. The lowest BCUT2D eigenvalue weighted by atomic mass is 10.1. The van der Waals surface area contributed by atoms with Gasteiger partial charge < -0.3 is 9.30 Å². The molecule has 0 spiro atoms. The third kappa shape index (κ3) is 2.02. The van der Waals surface area contributed by atoms with Crippen LogP contribution < -0.4 is 0 Å². The normalized spacial score (nSPS) is 18.9. The maximum atomic E-state index is 11.7. The molecule has 0 radical (unpaired) electrons. The number of aldehydes is 1. The van der Waals surface area contributed by atoms with Crippen molar-refractivity contribution in [2.45, 2.75) is 32.9 Å². The van der Waals surface area contributed by atoms with Crippen molar-refractivity contribution in [1.29, 1.82) is 0 Å². The Bertz CT molecular complexity index is 485. The van der Waals surface area contributed by atoms with Crippen molar-refractivity contribution in [3.8, 4) is 0 Å². The van der Waals surface area contributed by atoms with E-state index in [0.29, 0.717) is 11.1 Å². The lowest BCUT2D eigenvalue weighted by Gasteiger charge is -2.12. The molecule has 0 saturated heterocycles. The highest BCUT2D eigenvalue weighted by molar-refractivity contribution is 5.88. The van der Waals surface area contributed by atoms with Crippen LogP contribution in [0.1, 0.15) is 42.4 Å². The maximum absolute atomic E-state index is 11.7. The number of fused-ring (bicyclic) bond motifs is 1. The third-order valence-electron chi connectivity index (χ3n) is 3.11. The molecule has 4 heteroatoms. The summed E-state index contributed by atoms with van der Waals surface area (Å²) in [5.41, 5.74) is 2.01. The number of aryl methyl sites for hydroxylation is 1. The monoisotopic (exact) mass is 233 g/mol. The van der Waals surface area contributed by atoms with Crippen LogP contribution in [0.25, 0.3) is 0 Å². The predicted octanol–water partition coefficient (Wildman–Crippen LogP) is 2.25. The van der Waals surface area contributed by atoms with Crippen LogP contribution in [0, 0.1) is 0 Å². The number of carbonyl (C=O) groups is 2. The molecule has 0 aliphatic carbocycles. The van der Waals surface area contributed by atoms with Crippen molar-refractivity contribution < 1.29 is 14.3 Å². The Hall–Kier alpha value is -1.84. The second-order valence-corrected chi connectivity index (χ2v) is 4.12. The SMILES string of the molecule is CC=C(C)C(=O)OC1CCn2ccc(C=O)c21. The summed E-state index contributed by atoms with van der Waals surface area (Å²) in [7, 11) is 0. The van der Waals surface area contributed by atoms with E-state index in [4.69, 9.17) is 4.74 Å². The average molecular weight is 233 g/mol. The van der Waals surface area contributed by atoms with E-state index in [9.17, 15) is 9.59 Å². The van der Waals surface area contributed by atoms with Gasteiger partial charge in [0.1, 0.15) is 6.10 Å². The van der Waals surface area contributed by atoms with Crippen LogP contribution in [0.4, 0.5) is 0 Å². The molecule has 1 unspecified atom stereocenters. The molecule has 90 valence electrons. The highest BCUT2D eigenvalue weighted by Gasteiger charge is 2.28. The Balaban J connectivity index is 2.19. The van der Waals surface area contributed by atoms with Gasteiger partial charge in [-0.15, -0.1) is 0 Å². The smallest absolute Gasteiger partial charge is 0.334 e. The van der Waals surface area contributed by atoms with Gasteiger partial charge in [0, 0.05) is 30.3 Å².